The van der Waals surface area contributed by atoms with Gasteiger partial charge in [0.1, 0.15) is 6.33 Å². The van der Waals surface area contributed by atoms with Gasteiger partial charge in [-0.3, -0.25) is 0 Å². The number of aromatic nitrogens is 2. The zero-order chi connectivity index (χ0) is 11.4. The molecule has 1 aromatic heterocycles. The zero-order valence-electron chi connectivity index (χ0n) is 9.34. The third-order valence-corrected chi connectivity index (χ3v) is 3.10. The van der Waals surface area contributed by atoms with Crippen molar-refractivity contribution in [2.45, 2.75) is 31.7 Å². The molecule has 16 heavy (non-hydrogen) atoms. The minimum Gasteiger partial charge on any atom is -0.395 e. The molecule has 0 aromatic carbocycles. The Hall–Kier alpha value is -1.36. The Kier molecular flexibility index (Phi) is 3.56. The maximum atomic E-state index is 9.12. The monoisotopic (exact) mass is 222 g/mol. The molecule has 0 aliphatic heterocycles. The number of nitrogens with two attached hydrogens (primary N) is 1. The minimum absolute atomic E-state index is 0.125. The van der Waals surface area contributed by atoms with Crippen LogP contribution in [0.3, 0.4) is 0 Å². The van der Waals surface area contributed by atoms with Crippen LogP contribution in [0.15, 0.2) is 12.5 Å². The average molecular weight is 222 g/mol. The van der Waals surface area contributed by atoms with E-state index in [1.165, 1.54) is 19.2 Å². The van der Waals surface area contributed by atoms with Gasteiger partial charge in [0.05, 0.1) is 18.5 Å². The van der Waals surface area contributed by atoms with Gasteiger partial charge in [-0.05, 0) is 12.8 Å². The Morgan fingerprint density at radius 3 is 2.81 bits per heavy atom. The minimum atomic E-state index is 0.125. The molecule has 0 spiro atoms. The van der Waals surface area contributed by atoms with Gasteiger partial charge >= 0.3 is 0 Å². The van der Waals surface area contributed by atoms with Crippen LogP contribution in [0.2, 0.25) is 0 Å². The van der Waals surface area contributed by atoms with Crippen molar-refractivity contribution in [3.63, 3.8) is 0 Å². The smallest absolute Gasteiger partial charge is 0.155 e. The molecule has 1 heterocycles. The molecule has 1 aliphatic carbocycles. The van der Waals surface area contributed by atoms with Crippen molar-refractivity contribution >= 4 is 11.5 Å². The van der Waals surface area contributed by atoms with Crippen LogP contribution < -0.4 is 10.6 Å². The highest BCUT2D eigenvalue weighted by Gasteiger charge is 2.24. The molecule has 0 unspecified atom stereocenters. The number of rotatable bonds is 4. The summed E-state index contributed by atoms with van der Waals surface area (Å²) in [5.41, 5.74) is 6.46. The van der Waals surface area contributed by atoms with Crippen LogP contribution in [0, 0.1) is 0 Å². The molecule has 88 valence electrons. The van der Waals surface area contributed by atoms with E-state index >= 15 is 0 Å². The topological polar surface area (TPSA) is 75.3 Å². The lowest BCUT2D eigenvalue weighted by Gasteiger charge is -2.30. The zero-order valence-corrected chi connectivity index (χ0v) is 9.34. The van der Waals surface area contributed by atoms with E-state index in [0.717, 1.165) is 18.7 Å². The highest BCUT2D eigenvalue weighted by molar-refractivity contribution is 5.61. The molecular weight excluding hydrogens is 204 g/mol. The molecule has 0 saturated heterocycles. The summed E-state index contributed by atoms with van der Waals surface area (Å²) >= 11 is 0. The third kappa shape index (κ3) is 2.24. The van der Waals surface area contributed by atoms with Crippen molar-refractivity contribution in [2.24, 2.45) is 0 Å². The van der Waals surface area contributed by atoms with Crippen LogP contribution in [0.1, 0.15) is 25.7 Å². The number of anilines is 2. The van der Waals surface area contributed by atoms with E-state index in [1.54, 1.807) is 6.20 Å². The van der Waals surface area contributed by atoms with E-state index in [1.807, 2.05) is 0 Å². The standard InChI is InChI=1S/C11H18N4O/c12-10-7-13-8-14-11(10)15(5-6-16)9-3-1-2-4-9/h7-9,16H,1-6,12H2. The van der Waals surface area contributed by atoms with E-state index in [9.17, 15) is 0 Å². The summed E-state index contributed by atoms with van der Waals surface area (Å²) in [6.45, 7) is 0.714. The van der Waals surface area contributed by atoms with E-state index < -0.39 is 0 Å². The second-order valence-corrected chi connectivity index (χ2v) is 4.16. The van der Waals surface area contributed by atoms with E-state index in [2.05, 4.69) is 14.9 Å². The fourth-order valence-electron chi connectivity index (χ4n) is 2.36. The molecule has 1 aromatic rings. The Morgan fingerprint density at radius 2 is 2.19 bits per heavy atom. The number of aliphatic hydroxyl groups is 1. The lowest BCUT2D eigenvalue weighted by Crippen LogP contribution is -2.36. The first kappa shape index (κ1) is 11.1. The first-order valence-electron chi connectivity index (χ1n) is 5.76. The van der Waals surface area contributed by atoms with Gasteiger partial charge in [-0.2, -0.15) is 0 Å². The highest BCUT2D eigenvalue weighted by atomic mass is 16.3. The van der Waals surface area contributed by atoms with Crippen molar-refractivity contribution < 1.29 is 5.11 Å². The van der Waals surface area contributed by atoms with Gasteiger partial charge < -0.3 is 15.7 Å². The van der Waals surface area contributed by atoms with Crippen LogP contribution in [-0.2, 0) is 0 Å². The fraction of sp³-hybridized carbons (Fsp3) is 0.636. The van der Waals surface area contributed by atoms with Crippen molar-refractivity contribution in [1.29, 1.82) is 0 Å². The number of aliphatic hydroxyl groups excluding tert-OH is 1. The average Bonchev–Trinajstić information content (AvgIpc) is 2.80. The summed E-state index contributed by atoms with van der Waals surface area (Å²) in [6, 6.07) is 0.462. The van der Waals surface area contributed by atoms with Gasteiger partial charge in [0, 0.05) is 12.6 Å². The van der Waals surface area contributed by atoms with Gasteiger partial charge in [-0.25, -0.2) is 9.97 Å². The predicted octanol–water partition coefficient (Wildman–Crippen LogP) is 0.800. The first-order chi connectivity index (χ1) is 7.83. The number of hydrogen-bond acceptors (Lipinski definition) is 5. The second kappa shape index (κ2) is 5.12. The number of nitrogen functional groups attached to an aromatic ring is 1. The highest BCUT2D eigenvalue weighted by Crippen LogP contribution is 2.29. The summed E-state index contributed by atoms with van der Waals surface area (Å²) in [6.07, 6.45) is 7.93. The molecule has 2 rings (SSSR count). The van der Waals surface area contributed by atoms with Gasteiger partial charge in [-0.15, -0.1) is 0 Å². The Labute approximate surface area is 95.3 Å². The van der Waals surface area contributed by atoms with Gasteiger partial charge in [0.15, 0.2) is 5.82 Å². The first-order valence-corrected chi connectivity index (χ1v) is 5.76. The van der Waals surface area contributed by atoms with E-state index in [4.69, 9.17) is 10.8 Å². The molecule has 1 aliphatic rings. The summed E-state index contributed by atoms with van der Waals surface area (Å²) in [4.78, 5) is 10.2. The van der Waals surface area contributed by atoms with Crippen LogP contribution >= 0.6 is 0 Å². The molecule has 3 N–H and O–H groups in total. The van der Waals surface area contributed by atoms with Gasteiger partial charge in [-0.1, -0.05) is 12.8 Å². The Balaban J connectivity index is 2.21. The summed E-state index contributed by atoms with van der Waals surface area (Å²) in [7, 11) is 0. The van der Waals surface area contributed by atoms with Crippen molar-refractivity contribution in [2.75, 3.05) is 23.8 Å². The SMILES string of the molecule is Nc1cncnc1N(CCO)C1CCCC1. The van der Waals surface area contributed by atoms with Gasteiger partial charge in [0.25, 0.3) is 0 Å². The fourth-order valence-corrected chi connectivity index (χ4v) is 2.36. The normalized spacial score (nSPS) is 16.6. The largest absolute Gasteiger partial charge is 0.395 e. The summed E-state index contributed by atoms with van der Waals surface area (Å²) in [5, 5.41) is 9.12. The van der Waals surface area contributed by atoms with Crippen LogP contribution in [0.5, 0.6) is 0 Å². The van der Waals surface area contributed by atoms with Crippen LogP contribution in [-0.4, -0.2) is 34.3 Å². The molecule has 1 fully saturated rings. The molecule has 0 amide bonds. The van der Waals surface area contributed by atoms with Crippen molar-refractivity contribution in [3.8, 4) is 0 Å². The van der Waals surface area contributed by atoms with Crippen LogP contribution in [0.4, 0.5) is 11.5 Å². The maximum Gasteiger partial charge on any atom is 0.155 e. The lowest BCUT2D eigenvalue weighted by atomic mass is 10.2. The summed E-state index contributed by atoms with van der Waals surface area (Å²) < 4.78 is 0. The number of nitrogens with zero attached hydrogens (tertiary/aromatic N) is 3. The maximum absolute atomic E-state index is 9.12. The second-order valence-electron chi connectivity index (χ2n) is 4.16. The van der Waals surface area contributed by atoms with E-state index in [0.29, 0.717) is 18.3 Å². The molecule has 5 heteroatoms. The lowest BCUT2D eigenvalue weighted by molar-refractivity contribution is 0.297. The quantitative estimate of drug-likeness (QED) is 0.788. The van der Waals surface area contributed by atoms with Crippen molar-refractivity contribution in [3.05, 3.63) is 12.5 Å². The Bertz CT molecular complexity index is 339. The molecule has 0 radical (unpaired) electrons. The predicted molar refractivity (Wildman–Crippen MR) is 63.1 cm³/mol. The van der Waals surface area contributed by atoms with Crippen molar-refractivity contribution in [1.82, 2.24) is 9.97 Å². The third-order valence-electron chi connectivity index (χ3n) is 3.10. The summed E-state index contributed by atoms with van der Waals surface area (Å²) in [5.74, 6) is 0.760. The molecule has 0 atom stereocenters. The van der Waals surface area contributed by atoms with Gasteiger partial charge in [0.2, 0.25) is 0 Å². The number of hydrogen-bond donors (Lipinski definition) is 2. The van der Waals surface area contributed by atoms with Crippen LogP contribution in [0.25, 0.3) is 0 Å². The van der Waals surface area contributed by atoms with E-state index in [-0.39, 0.29) is 6.61 Å². The molecule has 0 bridgehead atoms. The molecule has 1 saturated carbocycles. The Morgan fingerprint density at radius 1 is 1.44 bits per heavy atom. The molecular formula is C11H18N4O. The molecule has 5 nitrogen and oxygen atoms in total.